The fraction of sp³-hybridized carbons (Fsp3) is 0. The first-order valence-electron chi connectivity index (χ1n) is 4.01. The molecule has 0 spiro atoms. The molecule has 0 aliphatic heterocycles. The molecule has 0 aliphatic rings. The van der Waals surface area contributed by atoms with Crippen LogP contribution < -0.4 is 71.1 Å². The number of carbonyl (C=O) groups is 3. The van der Waals surface area contributed by atoms with Crippen LogP contribution in [0.1, 0.15) is 0 Å². The average Bonchev–Trinajstić information content (AvgIpc) is 2.20. The number of aromatic nitrogens is 1. The number of carbonyl (C=O) groups excluding carboxylic acids is 3. The van der Waals surface area contributed by atoms with Crippen LogP contribution in [0.4, 0.5) is 14.4 Å². The SMILES string of the molecule is O=C([O-])[O-].O=C([O-])[O-].O=C([O-])[O-].[NH4+].[Na+].[O-][n+]1ccccc1S.[Zr+4]. The molecule has 23 heavy (non-hydrogen) atoms. The van der Waals surface area contributed by atoms with E-state index in [2.05, 4.69) is 12.6 Å². The van der Waals surface area contributed by atoms with Crippen molar-refractivity contribution in [3.8, 4) is 0 Å². The molecule has 0 fully saturated rings. The smallest absolute Gasteiger partial charge is 0.652 e. The normalized spacial score (nSPS) is 6.30. The van der Waals surface area contributed by atoms with Gasteiger partial charge in [0.25, 0.3) is 0 Å². The third kappa shape index (κ3) is 76.0. The van der Waals surface area contributed by atoms with E-state index in [0.717, 1.165) is 0 Å². The zero-order valence-electron chi connectivity index (χ0n) is 11.8. The van der Waals surface area contributed by atoms with Crippen LogP contribution in [0.3, 0.4) is 0 Å². The Morgan fingerprint density at radius 3 is 1.26 bits per heavy atom. The monoisotopic (exact) mass is 438 g/mol. The van der Waals surface area contributed by atoms with E-state index in [1.54, 1.807) is 18.2 Å². The molecule has 1 aromatic rings. The van der Waals surface area contributed by atoms with Crippen LogP contribution in [0.2, 0.25) is 0 Å². The van der Waals surface area contributed by atoms with Crippen LogP contribution in [0.25, 0.3) is 0 Å². The Kier molecular flexibility index (Phi) is 42.6. The number of rotatable bonds is 0. The molecule has 1 rings (SSSR count). The van der Waals surface area contributed by atoms with E-state index in [-0.39, 0.29) is 61.9 Å². The summed E-state index contributed by atoms with van der Waals surface area (Å²) in [6, 6.07) is 5.06. The minimum absolute atomic E-state index is 0. The molecular formula is C8H9N2NaO10SZr. The van der Waals surface area contributed by atoms with Crippen molar-refractivity contribution in [2.75, 3.05) is 0 Å². The Balaban J connectivity index is -0.0000000428. The molecule has 1 heterocycles. The van der Waals surface area contributed by atoms with E-state index >= 15 is 0 Å². The van der Waals surface area contributed by atoms with Gasteiger partial charge >= 0.3 is 55.8 Å². The van der Waals surface area contributed by atoms with Gasteiger partial charge in [-0.15, -0.1) is 0 Å². The fourth-order valence-electron chi connectivity index (χ4n) is 0.419. The van der Waals surface area contributed by atoms with Gasteiger partial charge in [-0.25, -0.2) is 0 Å². The van der Waals surface area contributed by atoms with Crippen molar-refractivity contribution in [3.63, 3.8) is 0 Å². The predicted octanol–water partition coefficient (Wildman–Crippen LogP) is -9.35. The average molecular weight is 439 g/mol. The van der Waals surface area contributed by atoms with E-state index in [1.807, 2.05) is 0 Å². The largest absolute Gasteiger partial charge is 4.00 e. The minimum Gasteiger partial charge on any atom is -0.652 e. The van der Waals surface area contributed by atoms with Gasteiger partial charge < -0.3 is 56.4 Å². The van der Waals surface area contributed by atoms with Gasteiger partial charge in [0.05, 0.1) is 0 Å². The van der Waals surface area contributed by atoms with Crippen LogP contribution in [0.5, 0.6) is 0 Å². The van der Waals surface area contributed by atoms with Crippen molar-refractivity contribution >= 4 is 31.1 Å². The number of thiol groups is 1. The van der Waals surface area contributed by atoms with Crippen molar-refractivity contribution in [2.24, 2.45) is 0 Å². The number of carboxylic acid groups (broad SMARTS) is 6. The molecule has 0 atom stereocenters. The summed E-state index contributed by atoms with van der Waals surface area (Å²) in [5.41, 5.74) is 0. The molecule has 0 amide bonds. The van der Waals surface area contributed by atoms with Crippen LogP contribution in [0.15, 0.2) is 29.4 Å². The van der Waals surface area contributed by atoms with E-state index in [4.69, 9.17) is 45.0 Å². The number of nitrogens with zero attached hydrogens (tertiary/aromatic N) is 1. The van der Waals surface area contributed by atoms with Crippen molar-refractivity contribution in [1.29, 1.82) is 0 Å². The Labute approximate surface area is 176 Å². The maximum Gasteiger partial charge on any atom is 4.00 e. The van der Waals surface area contributed by atoms with Crippen LogP contribution in [-0.4, -0.2) is 18.5 Å². The molecule has 1 aromatic heterocycles. The van der Waals surface area contributed by atoms with Crippen molar-refractivity contribution in [1.82, 2.24) is 6.15 Å². The molecule has 122 valence electrons. The molecule has 0 unspecified atom stereocenters. The van der Waals surface area contributed by atoms with Crippen molar-refractivity contribution in [3.05, 3.63) is 29.6 Å². The summed E-state index contributed by atoms with van der Waals surface area (Å²) >= 11 is 3.85. The van der Waals surface area contributed by atoms with Crippen molar-refractivity contribution < 1.29 is 106 Å². The number of hydrogen-bond acceptors (Lipinski definition) is 11. The molecule has 4 N–H and O–H groups in total. The second-order valence-corrected chi connectivity index (χ2v) is 2.59. The quantitative estimate of drug-likeness (QED) is 0.167. The maximum atomic E-state index is 10.5. The minimum atomic E-state index is -2.33. The van der Waals surface area contributed by atoms with Gasteiger partial charge in [0.1, 0.15) is 0 Å². The Morgan fingerprint density at radius 1 is 0.870 bits per heavy atom. The van der Waals surface area contributed by atoms with E-state index in [1.165, 1.54) is 6.20 Å². The van der Waals surface area contributed by atoms with Gasteiger partial charge in [0, 0.05) is 12.1 Å². The molecule has 15 heteroatoms. The Hall–Kier alpha value is -1.05. The second kappa shape index (κ2) is 25.9. The van der Waals surface area contributed by atoms with Crippen LogP contribution >= 0.6 is 12.6 Å². The molecule has 0 aliphatic carbocycles. The molecule has 12 nitrogen and oxygen atoms in total. The molecular weight excluding hydrogens is 430 g/mol. The van der Waals surface area contributed by atoms with Gasteiger partial charge in [0.2, 0.25) is 5.03 Å². The van der Waals surface area contributed by atoms with Crippen molar-refractivity contribution in [2.45, 2.75) is 5.03 Å². The Morgan fingerprint density at radius 2 is 1.13 bits per heavy atom. The summed E-state index contributed by atoms with van der Waals surface area (Å²) in [5, 5.41) is 60.9. The van der Waals surface area contributed by atoms with Crippen LogP contribution in [-0.2, 0) is 26.2 Å². The van der Waals surface area contributed by atoms with Gasteiger partial charge in [-0.05, 0) is 24.5 Å². The number of hydrogen-bond donors (Lipinski definition) is 2. The third-order valence-electron chi connectivity index (χ3n) is 0.804. The molecule has 0 bridgehead atoms. The standard InChI is InChI=1S/C5H5NOS.3CH2O3.H3N.Na.Zr/c7-6-4-2-1-3-5(6)8;3*2-1(3)4;;;/h1-4,8H;3*(H2,2,3,4);1H3;;/q;;;;;+1;+4/p-5. The summed E-state index contributed by atoms with van der Waals surface area (Å²) in [7, 11) is 0. The number of quaternary nitrogens is 1. The first-order chi connectivity index (χ1) is 9.00. The summed E-state index contributed by atoms with van der Waals surface area (Å²) in [6.07, 6.45) is -5.59. The molecule has 0 saturated carbocycles. The molecule has 0 aromatic carbocycles. The third-order valence-corrected chi connectivity index (χ3v) is 1.15. The summed E-state index contributed by atoms with van der Waals surface area (Å²) in [6.45, 7) is 0. The molecule has 0 saturated heterocycles. The maximum absolute atomic E-state index is 10.5. The van der Waals surface area contributed by atoms with Gasteiger partial charge in [-0.2, -0.15) is 4.73 Å². The van der Waals surface area contributed by atoms with E-state index in [0.29, 0.717) is 9.76 Å². The molecule has 0 radical (unpaired) electrons. The second-order valence-electron chi connectivity index (χ2n) is 2.13. The first kappa shape index (κ1) is 37.9. The van der Waals surface area contributed by atoms with Gasteiger partial charge in [-0.3, -0.25) is 0 Å². The number of pyridine rings is 1. The predicted molar refractivity (Wildman–Crippen MR) is 54.8 cm³/mol. The van der Waals surface area contributed by atoms with E-state index < -0.39 is 18.5 Å². The van der Waals surface area contributed by atoms with Crippen LogP contribution in [0, 0.1) is 5.21 Å². The zero-order chi connectivity index (χ0) is 16.7. The van der Waals surface area contributed by atoms with E-state index in [9.17, 15) is 5.21 Å². The zero-order valence-corrected chi connectivity index (χ0v) is 17.1. The van der Waals surface area contributed by atoms with Gasteiger partial charge in [0.15, 0.2) is 6.20 Å². The topological polar surface area (TPSA) is 253 Å². The Bertz CT molecular complexity index is 378. The summed E-state index contributed by atoms with van der Waals surface area (Å²) in [5.74, 6) is 0. The fourth-order valence-corrected chi connectivity index (χ4v) is 0.572. The summed E-state index contributed by atoms with van der Waals surface area (Å²) in [4.78, 5) is 25.0. The summed E-state index contributed by atoms with van der Waals surface area (Å²) < 4.78 is 0.698. The van der Waals surface area contributed by atoms with Gasteiger partial charge in [-0.1, -0.05) is 12.6 Å². The first-order valence-corrected chi connectivity index (χ1v) is 4.46.